The van der Waals surface area contributed by atoms with Crippen LogP contribution < -0.4 is 0 Å². The molecule has 0 saturated heterocycles. The fourth-order valence-electron chi connectivity index (χ4n) is 7.33. The van der Waals surface area contributed by atoms with Gasteiger partial charge in [-0.25, -0.2) is 0 Å². The van der Waals surface area contributed by atoms with Crippen molar-refractivity contribution in [3.63, 3.8) is 0 Å². The Morgan fingerprint density at radius 1 is 0.345 bits per heavy atom. The van der Waals surface area contributed by atoms with Gasteiger partial charge in [0.1, 0.15) is 13.2 Å². The number of carbonyl (C=O) groups excluding carboxylic acids is 3. The van der Waals surface area contributed by atoms with E-state index in [4.69, 9.17) is 14.2 Å². The first kappa shape index (κ1) is 53.4. The van der Waals surface area contributed by atoms with Crippen molar-refractivity contribution in [1.29, 1.82) is 0 Å². The van der Waals surface area contributed by atoms with Crippen LogP contribution in [0, 0.1) is 5.92 Å². The Balaban J connectivity index is 4.31. The van der Waals surface area contributed by atoms with Crippen LogP contribution >= 0.6 is 0 Å². The molecule has 0 fully saturated rings. The van der Waals surface area contributed by atoms with Crippen LogP contribution in [-0.2, 0) is 28.6 Å². The summed E-state index contributed by atoms with van der Waals surface area (Å²) in [5.74, 6) is -0.0310. The molecule has 0 bridgehead atoms. The summed E-state index contributed by atoms with van der Waals surface area (Å²) in [6, 6.07) is 0. The van der Waals surface area contributed by atoms with E-state index in [1.807, 2.05) is 0 Å². The van der Waals surface area contributed by atoms with Crippen molar-refractivity contribution >= 4 is 17.9 Å². The van der Waals surface area contributed by atoms with Gasteiger partial charge < -0.3 is 14.2 Å². The van der Waals surface area contributed by atoms with Gasteiger partial charge in [-0.2, -0.15) is 0 Å². The average molecular weight is 779 g/mol. The summed E-state index contributed by atoms with van der Waals surface area (Å²) in [7, 11) is 0. The van der Waals surface area contributed by atoms with Crippen molar-refractivity contribution < 1.29 is 28.6 Å². The molecule has 0 aliphatic rings. The number of hydrogen-bond acceptors (Lipinski definition) is 6. The molecule has 0 unspecified atom stereocenters. The third kappa shape index (κ3) is 43.4. The third-order valence-electron chi connectivity index (χ3n) is 11.0. The van der Waals surface area contributed by atoms with Crippen LogP contribution in [0.15, 0.2) is 0 Å². The molecule has 0 N–H and O–H groups in total. The second kappa shape index (κ2) is 43.5. The molecule has 0 aliphatic heterocycles. The molecule has 0 radical (unpaired) electrons. The second-order valence-corrected chi connectivity index (χ2v) is 17.2. The number of unbranched alkanes of at least 4 members (excludes halogenated alkanes) is 31. The van der Waals surface area contributed by atoms with Crippen LogP contribution in [0.3, 0.4) is 0 Å². The van der Waals surface area contributed by atoms with Gasteiger partial charge >= 0.3 is 17.9 Å². The highest BCUT2D eigenvalue weighted by atomic mass is 16.6. The van der Waals surface area contributed by atoms with Crippen LogP contribution in [-0.4, -0.2) is 37.2 Å². The van der Waals surface area contributed by atoms with Gasteiger partial charge in [-0.15, -0.1) is 0 Å². The predicted octanol–water partition coefficient (Wildman–Crippen LogP) is 15.5. The molecule has 0 aromatic heterocycles. The highest BCUT2D eigenvalue weighted by molar-refractivity contribution is 5.71. The van der Waals surface area contributed by atoms with E-state index in [2.05, 4.69) is 27.7 Å². The van der Waals surface area contributed by atoms with Crippen LogP contribution in [0.25, 0.3) is 0 Å². The molecule has 1 atom stereocenters. The Labute approximate surface area is 342 Å². The number of rotatable bonds is 44. The summed E-state index contributed by atoms with van der Waals surface area (Å²) in [6.45, 7) is 8.99. The molecule has 0 saturated carbocycles. The Hall–Kier alpha value is -1.59. The van der Waals surface area contributed by atoms with Crippen LogP contribution in [0.2, 0.25) is 0 Å². The molecule has 0 aliphatic carbocycles. The fraction of sp³-hybridized carbons (Fsp3) is 0.939. The first-order valence-corrected chi connectivity index (χ1v) is 24.4. The van der Waals surface area contributed by atoms with Crippen LogP contribution in [0.5, 0.6) is 0 Å². The van der Waals surface area contributed by atoms with E-state index in [-0.39, 0.29) is 31.1 Å². The van der Waals surface area contributed by atoms with Gasteiger partial charge in [0.2, 0.25) is 0 Å². The van der Waals surface area contributed by atoms with E-state index in [1.165, 1.54) is 167 Å². The lowest BCUT2D eigenvalue weighted by Crippen LogP contribution is -2.30. The maximum absolute atomic E-state index is 12.7. The fourth-order valence-corrected chi connectivity index (χ4v) is 7.33. The van der Waals surface area contributed by atoms with Gasteiger partial charge in [-0.3, -0.25) is 14.4 Å². The van der Waals surface area contributed by atoms with Gasteiger partial charge in [0.15, 0.2) is 6.10 Å². The highest BCUT2D eigenvalue weighted by Gasteiger charge is 2.19. The molecular weight excluding hydrogens is 685 g/mol. The summed E-state index contributed by atoms with van der Waals surface area (Å²) in [5, 5.41) is 0. The number of hydrogen-bond donors (Lipinski definition) is 0. The highest BCUT2D eigenvalue weighted by Crippen LogP contribution is 2.16. The largest absolute Gasteiger partial charge is 0.462 e. The smallest absolute Gasteiger partial charge is 0.306 e. The summed E-state index contributed by atoms with van der Waals surface area (Å²) in [6.07, 6.45) is 43.7. The number of ether oxygens (including phenoxy) is 3. The standard InChI is InChI=1S/C49H94O6/c1-5-7-9-11-13-15-17-18-20-24-28-32-36-40-47(50)53-43-46(55-49(52)42-38-34-30-26-19-16-14-12-10-8-6-2)44-54-48(51)41-37-33-29-25-22-21-23-27-31-35-39-45(3)4/h45-46H,5-44H2,1-4H3/t46-/m0/s1. The molecule has 0 spiro atoms. The van der Waals surface area contributed by atoms with E-state index in [9.17, 15) is 14.4 Å². The summed E-state index contributed by atoms with van der Waals surface area (Å²) < 4.78 is 16.8. The molecule has 0 aromatic carbocycles. The quantitative estimate of drug-likeness (QED) is 0.0348. The Morgan fingerprint density at radius 3 is 0.891 bits per heavy atom. The van der Waals surface area contributed by atoms with E-state index < -0.39 is 6.10 Å². The maximum atomic E-state index is 12.7. The van der Waals surface area contributed by atoms with Crippen molar-refractivity contribution in [3.05, 3.63) is 0 Å². The number of esters is 3. The lowest BCUT2D eigenvalue weighted by molar-refractivity contribution is -0.167. The zero-order valence-corrected chi connectivity index (χ0v) is 37.4. The monoisotopic (exact) mass is 779 g/mol. The van der Waals surface area contributed by atoms with Gasteiger partial charge in [0.05, 0.1) is 0 Å². The minimum absolute atomic E-state index is 0.0632. The Morgan fingerprint density at radius 2 is 0.600 bits per heavy atom. The molecule has 6 nitrogen and oxygen atoms in total. The van der Waals surface area contributed by atoms with Crippen molar-refractivity contribution in [2.45, 2.75) is 278 Å². The molecule has 0 aromatic rings. The molecule has 0 heterocycles. The molecule has 55 heavy (non-hydrogen) atoms. The first-order chi connectivity index (χ1) is 26.9. The SMILES string of the molecule is CCCCCCCCCCCCCCCC(=O)OC[C@@H](COC(=O)CCCCCCCCCCCCC(C)C)OC(=O)CCCCCCCCCCCCC. The zero-order valence-electron chi connectivity index (χ0n) is 37.4. The minimum atomic E-state index is -0.759. The van der Waals surface area contributed by atoms with E-state index >= 15 is 0 Å². The molecule has 6 heteroatoms. The Bertz CT molecular complexity index is 826. The second-order valence-electron chi connectivity index (χ2n) is 17.2. The molecule has 0 rings (SSSR count). The van der Waals surface area contributed by atoms with E-state index in [1.54, 1.807) is 0 Å². The van der Waals surface area contributed by atoms with E-state index in [0.29, 0.717) is 19.3 Å². The normalized spacial score (nSPS) is 11.9. The summed E-state index contributed by atoms with van der Waals surface area (Å²) in [4.78, 5) is 37.8. The first-order valence-electron chi connectivity index (χ1n) is 24.4. The molecule has 326 valence electrons. The number of carbonyl (C=O) groups is 3. The third-order valence-corrected chi connectivity index (χ3v) is 11.0. The predicted molar refractivity (Wildman–Crippen MR) is 233 cm³/mol. The van der Waals surface area contributed by atoms with Crippen LogP contribution in [0.4, 0.5) is 0 Å². The van der Waals surface area contributed by atoms with Gasteiger partial charge in [0.25, 0.3) is 0 Å². The van der Waals surface area contributed by atoms with Gasteiger partial charge in [-0.1, -0.05) is 233 Å². The minimum Gasteiger partial charge on any atom is -0.462 e. The van der Waals surface area contributed by atoms with E-state index in [0.717, 1.165) is 63.7 Å². The van der Waals surface area contributed by atoms with Crippen LogP contribution in [0.1, 0.15) is 272 Å². The lowest BCUT2D eigenvalue weighted by Gasteiger charge is -2.18. The lowest BCUT2D eigenvalue weighted by atomic mass is 10.0. The van der Waals surface area contributed by atoms with Crippen molar-refractivity contribution in [1.82, 2.24) is 0 Å². The molecule has 0 amide bonds. The molecular formula is C49H94O6. The Kier molecular flexibility index (Phi) is 42.3. The zero-order chi connectivity index (χ0) is 40.3. The van der Waals surface area contributed by atoms with Crippen molar-refractivity contribution in [3.8, 4) is 0 Å². The van der Waals surface area contributed by atoms with Gasteiger partial charge in [-0.05, 0) is 25.2 Å². The van der Waals surface area contributed by atoms with Crippen molar-refractivity contribution in [2.75, 3.05) is 13.2 Å². The van der Waals surface area contributed by atoms with Crippen molar-refractivity contribution in [2.24, 2.45) is 5.92 Å². The maximum Gasteiger partial charge on any atom is 0.306 e. The van der Waals surface area contributed by atoms with Gasteiger partial charge in [0, 0.05) is 19.3 Å². The summed E-state index contributed by atoms with van der Waals surface area (Å²) >= 11 is 0. The summed E-state index contributed by atoms with van der Waals surface area (Å²) in [5.41, 5.74) is 0. The topological polar surface area (TPSA) is 78.9 Å². The average Bonchev–Trinajstić information content (AvgIpc) is 3.17.